The van der Waals surface area contributed by atoms with Gasteiger partial charge in [0.2, 0.25) is 0 Å². The molecule has 0 bridgehead atoms. The SMILES string of the molecule is C[C@@H]1O[C@@H](OC[C@H]2O[C@@H](O[C@@H]3CO[C@@H](O[C@@H]4[C@@H](O)[C@H](C)O[C@@H](O[C@@H]5[C@H](O[C@H]6CC[C@@]7(C)[C@H](CC[C@]8(C)[C@@H]7CC=C7[C@@H]9CC(C)(C)CC[C@]9(C(=O)O)CC[C@]78C)[C@]6(C)CO)OC[C@@H](O)[C@H]5O)[C@@H]4O)[C@H](O)[C@H]3O)[C@H](O[C@@H]3O[C@H](CO)[C@@H](O)[C@H](O)[C@H]3O)[C@@H](O)[C@@H]2O)[C@H](O)[C@H](O)[C@H]1O. The quantitative estimate of drug-likeness (QED) is 0.0526. The number of hydrogen-bond acceptors (Lipinski definition) is 29. The van der Waals surface area contributed by atoms with E-state index in [1.165, 1.54) is 19.4 Å². The normalized spacial score (nSPS) is 55.3. The van der Waals surface area contributed by atoms with E-state index in [0.717, 1.165) is 38.5 Å². The number of fused-ring (bicyclic) bond motifs is 7. The van der Waals surface area contributed by atoms with Gasteiger partial charge in [-0.15, -0.1) is 0 Å². The minimum Gasteiger partial charge on any atom is -0.481 e. The Balaban J connectivity index is 0.761. The monoisotopic (exact) mass is 1350 g/mol. The zero-order valence-corrected chi connectivity index (χ0v) is 54.6. The average molecular weight is 1350 g/mol. The summed E-state index contributed by atoms with van der Waals surface area (Å²) in [6.07, 6.45) is -39.6. The number of hydrogen-bond donors (Lipinski definition) is 17. The summed E-state index contributed by atoms with van der Waals surface area (Å²) < 4.78 is 71.6. The summed E-state index contributed by atoms with van der Waals surface area (Å²) >= 11 is 0. The molecule has 6 saturated heterocycles. The molecule has 30 nitrogen and oxygen atoms in total. The molecule has 11 aliphatic rings. The summed E-state index contributed by atoms with van der Waals surface area (Å²) in [6, 6.07) is 0. The number of aliphatic hydroxyl groups excluding tert-OH is 16. The number of rotatable bonds is 16. The predicted octanol–water partition coefficient (Wildman–Crippen LogP) is -3.52. The maximum absolute atomic E-state index is 13.3. The fraction of sp³-hybridized carbons (Fsp3) is 0.953. The third-order valence-corrected chi connectivity index (χ3v) is 25.0. The lowest BCUT2D eigenvalue weighted by Gasteiger charge is -2.71. The molecule has 94 heavy (non-hydrogen) atoms. The Kier molecular flexibility index (Phi) is 21.4. The first kappa shape index (κ1) is 73.3. The fourth-order valence-electron chi connectivity index (χ4n) is 18.8. The largest absolute Gasteiger partial charge is 0.481 e. The lowest BCUT2D eigenvalue weighted by atomic mass is 9.33. The van der Waals surface area contributed by atoms with Gasteiger partial charge in [-0.05, 0) is 117 Å². The van der Waals surface area contributed by atoms with E-state index >= 15 is 0 Å². The number of ether oxygens (including phenoxy) is 12. The van der Waals surface area contributed by atoms with Crippen molar-refractivity contribution in [1.29, 1.82) is 0 Å². The first-order valence-electron chi connectivity index (χ1n) is 33.5. The van der Waals surface area contributed by atoms with Crippen LogP contribution in [0.3, 0.4) is 0 Å². The molecule has 0 unspecified atom stereocenters. The second kappa shape index (κ2) is 27.5. The van der Waals surface area contributed by atoms with Gasteiger partial charge in [0.25, 0.3) is 0 Å². The molecular formula is C64H104O30. The molecule has 11 rings (SSSR count). The Morgan fingerprint density at radius 2 is 1.11 bits per heavy atom. The summed E-state index contributed by atoms with van der Waals surface area (Å²) in [7, 11) is 0. The van der Waals surface area contributed by atoms with Crippen molar-refractivity contribution in [3.8, 4) is 0 Å². The summed E-state index contributed by atoms with van der Waals surface area (Å²) in [5, 5.41) is 188. The van der Waals surface area contributed by atoms with Crippen molar-refractivity contribution >= 4 is 5.97 Å². The molecule has 17 N–H and O–H groups in total. The van der Waals surface area contributed by atoms with Crippen LogP contribution >= 0.6 is 0 Å². The summed E-state index contributed by atoms with van der Waals surface area (Å²) in [4.78, 5) is 13.3. The number of allylic oxidation sites excluding steroid dienone is 2. The minimum atomic E-state index is -2.09. The Morgan fingerprint density at radius 3 is 1.79 bits per heavy atom. The molecule has 540 valence electrons. The maximum atomic E-state index is 13.3. The van der Waals surface area contributed by atoms with Crippen LogP contribution in [-0.2, 0) is 61.6 Å². The molecule has 0 amide bonds. The van der Waals surface area contributed by atoms with Crippen LogP contribution in [0.15, 0.2) is 11.6 Å². The van der Waals surface area contributed by atoms with Crippen molar-refractivity contribution in [1.82, 2.24) is 0 Å². The van der Waals surface area contributed by atoms with Crippen LogP contribution in [0.5, 0.6) is 0 Å². The molecule has 37 atom stereocenters. The Hall–Kier alpha value is -1.91. The molecule has 0 radical (unpaired) electrons. The van der Waals surface area contributed by atoms with Crippen molar-refractivity contribution < 1.29 is 148 Å². The molecule has 0 aromatic rings. The molecule has 6 aliphatic heterocycles. The van der Waals surface area contributed by atoms with Gasteiger partial charge in [-0.25, -0.2) is 0 Å². The summed E-state index contributed by atoms with van der Waals surface area (Å²) in [5.41, 5.74) is -1.05. The molecular weight excluding hydrogens is 1250 g/mol. The lowest BCUT2D eigenvalue weighted by molar-refractivity contribution is -0.393. The molecule has 30 heteroatoms. The van der Waals surface area contributed by atoms with Crippen molar-refractivity contribution in [2.45, 2.75) is 298 Å². The van der Waals surface area contributed by atoms with Gasteiger partial charge < -0.3 is 144 Å². The van der Waals surface area contributed by atoms with E-state index in [1.54, 1.807) is 0 Å². The molecule has 0 aromatic carbocycles. The second-order valence-electron chi connectivity index (χ2n) is 30.9. The van der Waals surface area contributed by atoms with Gasteiger partial charge in [-0.1, -0.05) is 53.2 Å². The molecule has 0 aromatic heterocycles. The van der Waals surface area contributed by atoms with Gasteiger partial charge >= 0.3 is 5.97 Å². The van der Waals surface area contributed by atoms with E-state index in [4.69, 9.17) is 56.8 Å². The van der Waals surface area contributed by atoms with Gasteiger partial charge in [0.1, 0.15) is 122 Å². The van der Waals surface area contributed by atoms with E-state index in [2.05, 4.69) is 40.7 Å². The van der Waals surface area contributed by atoms with Crippen LogP contribution in [0.1, 0.15) is 120 Å². The van der Waals surface area contributed by atoms with E-state index in [9.17, 15) is 91.6 Å². The van der Waals surface area contributed by atoms with Crippen LogP contribution in [0.4, 0.5) is 0 Å². The highest BCUT2D eigenvalue weighted by Gasteiger charge is 2.71. The van der Waals surface area contributed by atoms with Crippen LogP contribution in [-0.4, -0.2) is 304 Å². The molecule has 0 spiro atoms. The van der Waals surface area contributed by atoms with E-state index in [1.807, 2.05) is 6.92 Å². The van der Waals surface area contributed by atoms with Crippen molar-refractivity contribution in [3.05, 3.63) is 11.6 Å². The highest BCUT2D eigenvalue weighted by Crippen LogP contribution is 2.76. The third kappa shape index (κ3) is 12.5. The number of aliphatic hydroxyl groups is 16. The van der Waals surface area contributed by atoms with E-state index in [-0.39, 0.29) is 52.6 Å². The summed E-state index contributed by atoms with van der Waals surface area (Å²) in [5.74, 6) is -0.626. The highest BCUT2D eigenvalue weighted by molar-refractivity contribution is 5.76. The van der Waals surface area contributed by atoms with Gasteiger partial charge in [0, 0.05) is 5.41 Å². The van der Waals surface area contributed by atoms with Gasteiger partial charge in [0.05, 0.1) is 56.8 Å². The first-order valence-corrected chi connectivity index (χ1v) is 33.5. The van der Waals surface area contributed by atoms with Crippen molar-refractivity contribution in [3.63, 3.8) is 0 Å². The Labute approximate surface area is 545 Å². The third-order valence-electron chi connectivity index (χ3n) is 25.0. The fourth-order valence-corrected chi connectivity index (χ4v) is 18.8. The maximum Gasteiger partial charge on any atom is 0.310 e. The van der Waals surface area contributed by atoms with Gasteiger partial charge in [-0.3, -0.25) is 4.79 Å². The average Bonchev–Trinajstić information content (AvgIpc) is 0.675. The molecule has 5 aliphatic carbocycles. The molecule has 10 fully saturated rings. The van der Waals surface area contributed by atoms with Crippen molar-refractivity contribution in [2.75, 3.05) is 33.0 Å². The lowest BCUT2D eigenvalue weighted by Crippen LogP contribution is -2.67. The highest BCUT2D eigenvalue weighted by atomic mass is 16.8. The van der Waals surface area contributed by atoms with E-state index < -0.39 is 215 Å². The molecule has 6 heterocycles. The van der Waals surface area contributed by atoms with Crippen molar-refractivity contribution in [2.24, 2.45) is 50.2 Å². The van der Waals surface area contributed by atoms with Crippen LogP contribution in [0, 0.1) is 50.2 Å². The topological polar surface area (TPSA) is 472 Å². The zero-order chi connectivity index (χ0) is 68.4. The molecule has 4 saturated carbocycles. The smallest absolute Gasteiger partial charge is 0.310 e. The number of carboxylic acids is 1. The standard InChI is InChI=1S/C64H104O30/c1-25-36(68)42(74)46(78)52(86-25)84-22-31-40(72)44(76)51(94-54-47(79)43(75)39(71)30(20-65)88-54)57(89-31)90-32-23-85-53(45(77)41(32)73)92-49-37(69)26(2)87-55(48(49)80)93-50-38(70)29(67)21-83-56(50)91-35-12-13-60(5)33(61(35,6)24-66)11-14-63(8)34(60)10-9-27-28-19-59(3,4)15-17-64(28,58(81)82)18-16-62(27,63)7/h9,25-26,28-57,65-80H,10-24H2,1-8H3,(H,81,82)/t25-,26-,28-,29+,30+,31+,32+,33-,34+,35-,36-,37-,38+,39+,40+,41-,42+,43-,44-,45+,46+,47+,48+,49+,50-,51+,52+,53-,54-,55-,56-,57-,60-,61-,62+,63+,64-/m0/s1. The zero-order valence-electron chi connectivity index (χ0n) is 54.6. The van der Waals surface area contributed by atoms with Gasteiger partial charge in [0.15, 0.2) is 37.7 Å². The minimum absolute atomic E-state index is 0.0110. The van der Waals surface area contributed by atoms with Crippen LogP contribution in [0.2, 0.25) is 0 Å². The van der Waals surface area contributed by atoms with Crippen LogP contribution < -0.4 is 0 Å². The summed E-state index contributed by atoms with van der Waals surface area (Å²) in [6.45, 7) is 13.5. The second-order valence-corrected chi connectivity index (χ2v) is 30.9. The van der Waals surface area contributed by atoms with E-state index in [0.29, 0.717) is 25.7 Å². The first-order chi connectivity index (χ1) is 44.1. The van der Waals surface area contributed by atoms with Gasteiger partial charge in [-0.2, -0.15) is 0 Å². The number of carbonyl (C=O) groups is 1. The predicted molar refractivity (Wildman–Crippen MR) is 315 cm³/mol. The Morgan fingerprint density at radius 1 is 0.521 bits per heavy atom. The van der Waals surface area contributed by atoms with Crippen LogP contribution in [0.25, 0.3) is 0 Å². The number of aliphatic carboxylic acids is 1. The Bertz CT molecular complexity index is 2640. The number of carboxylic acid groups (broad SMARTS) is 1.